The number of benzene rings is 2. The average molecular weight is 410 g/mol. The van der Waals surface area contributed by atoms with Crippen LogP contribution in [0.2, 0.25) is 10.0 Å². The van der Waals surface area contributed by atoms with E-state index in [0.29, 0.717) is 15.6 Å². The molecule has 3 aromatic rings. The van der Waals surface area contributed by atoms with Crippen LogP contribution in [0, 0.1) is 0 Å². The van der Waals surface area contributed by atoms with Gasteiger partial charge in [0.1, 0.15) is 5.75 Å². The summed E-state index contributed by atoms with van der Waals surface area (Å²) >= 11 is 13.4. The maximum Gasteiger partial charge on any atom is 0.322 e. The highest BCUT2D eigenvalue weighted by Gasteiger charge is 2.14. The number of hydrogen-bond acceptors (Lipinski definition) is 6. The summed E-state index contributed by atoms with van der Waals surface area (Å²) in [4.78, 5) is 13.0. The molecule has 2 aromatic carbocycles. The normalized spacial score (nSPS) is 10.6. The molecule has 1 N–H and O–H groups in total. The maximum absolute atomic E-state index is 12.0. The molecule has 0 radical (unpaired) electrons. The molecule has 26 heavy (non-hydrogen) atoms. The number of rotatable bonds is 6. The van der Waals surface area contributed by atoms with Crippen molar-refractivity contribution in [1.82, 2.24) is 10.2 Å². The van der Waals surface area contributed by atoms with E-state index in [9.17, 15) is 4.79 Å². The van der Waals surface area contributed by atoms with E-state index in [1.54, 1.807) is 25.3 Å². The predicted molar refractivity (Wildman–Crippen MR) is 102 cm³/mol. The lowest BCUT2D eigenvalue weighted by Gasteiger charge is -2.03. The fourth-order valence-corrected chi connectivity index (χ4v) is 3.21. The van der Waals surface area contributed by atoms with Gasteiger partial charge in [0.15, 0.2) is 0 Å². The molecule has 0 spiro atoms. The van der Waals surface area contributed by atoms with Crippen LogP contribution in [-0.2, 0) is 4.79 Å². The smallest absolute Gasteiger partial charge is 0.322 e. The van der Waals surface area contributed by atoms with Gasteiger partial charge in [-0.2, -0.15) is 0 Å². The van der Waals surface area contributed by atoms with Crippen molar-refractivity contribution in [2.75, 3.05) is 18.2 Å². The van der Waals surface area contributed by atoms with E-state index in [1.807, 2.05) is 24.3 Å². The van der Waals surface area contributed by atoms with Crippen molar-refractivity contribution in [2.45, 2.75) is 4.90 Å². The molecule has 0 saturated carbocycles. The zero-order valence-corrected chi connectivity index (χ0v) is 15.9. The van der Waals surface area contributed by atoms with Crippen LogP contribution in [0.1, 0.15) is 0 Å². The molecular formula is C17H13Cl2N3O3S. The minimum absolute atomic E-state index is 0.00588. The van der Waals surface area contributed by atoms with Gasteiger partial charge in [0.05, 0.1) is 23.4 Å². The van der Waals surface area contributed by atoms with Gasteiger partial charge in [0.25, 0.3) is 5.89 Å². The number of carbonyl (C=O) groups excluding carboxylic acids is 1. The van der Waals surface area contributed by atoms with E-state index in [2.05, 4.69) is 15.5 Å². The third-order valence-electron chi connectivity index (χ3n) is 3.26. The molecule has 1 amide bonds. The van der Waals surface area contributed by atoms with Crippen molar-refractivity contribution in [2.24, 2.45) is 0 Å². The zero-order valence-electron chi connectivity index (χ0n) is 13.5. The summed E-state index contributed by atoms with van der Waals surface area (Å²) in [5.74, 6) is 0.900. The Balaban J connectivity index is 1.58. The summed E-state index contributed by atoms with van der Waals surface area (Å²) in [5.41, 5.74) is 0.539. The number of nitrogens with zero attached hydrogens (tertiary/aromatic N) is 2. The molecule has 0 saturated heterocycles. The fourth-order valence-electron chi connectivity index (χ4n) is 2.02. The number of thioether (sulfide) groups is 1. The minimum atomic E-state index is -0.261. The molecule has 0 aliphatic carbocycles. The third-order valence-corrected chi connectivity index (χ3v) is 4.82. The van der Waals surface area contributed by atoms with Gasteiger partial charge >= 0.3 is 6.01 Å². The van der Waals surface area contributed by atoms with Crippen LogP contribution in [0.4, 0.5) is 6.01 Å². The number of aromatic nitrogens is 2. The Morgan fingerprint density at radius 1 is 1.19 bits per heavy atom. The van der Waals surface area contributed by atoms with Crippen LogP contribution >= 0.6 is 35.0 Å². The predicted octanol–water partition coefficient (Wildman–Crippen LogP) is 4.78. The van der Waals surface area contributed by atoms with E-state index >= 15 is 0 Å². The van der Waals surface area contributed by atoms with Crippen molar-refractivity contribution in [1.29, 1.82) is 0 Å². The van der Waals surface area contributed by atoms with Gasteiger partial charge < -0.3 is 9.15 Å². The summed E-state index contributed by atoms with van der Waals surface area (Å²) in [6, 6.07) is 12.3. The third kappa shape index (κ3) is 4.69. The van der Waals surface area contributed by atoms with Crippen LogP contribution in [-0.4, -0.2) is 29.0 Å². The molecule has 134 valence electrons. The lowest BCUT2D eigenvalue weighted by Crippen LogP contribution is -2.14. The number of ether oxygens (including phenoxy) is 1. The lowest BCUT2D eigenvalue weighted by atomic mass is 10.2. The fraction of sp³-hybridized carbons (Fsp3) is 0.118. The second kappa shape index (κ2) is 8.44. The Hall–Kier alpha value is -2.22. The van der Waals surface area contributed by atoms with Crippen LogP contribution in [0.25, 0.3) is 11.5 Å². The van der Waals surface area contributed by atoms with Gasteiger partial charge in [-0.15, -0.1) is 16.9 Å². The van der Waals surface area contributed by atoms with Crippen LogP contribution in [0.5, 0.6) is 5.75 Å². The molecule has 0 unspecified atom stereocenters. The quantitative estimate of drug-likeness (QED) is 0.590. The Bertz CT molecular complexity index is 916. The second-order valence-corrected chi connectivity index (χ2v) is 6.94. The molecule has 0 aliphatic heterocycles. The summed E-state index contributed by atoms with van der Waals surface area (Å²) in [6.07, 6.45) is 0. The van der Waals surface area contributed by atoms with Crippen LogP contribution in [0.15, 0.2) is 51.8 Å². The molecule has 0 bridgehead atoms. The molecule has 0 atom stereocenters. The Morgan fingerprint density at radius 2 is 1.96 bits per heavy atom. The highest BCUT2D eigenvalue weighted by molar-refractivity contribution is 8.00. The minimum Gasteiger partial charge on any atom is -0.497 e. The van der Waals surface area contributed by atoms with Crippen molar-refractivity contribution in [3.8, 4) is 17.2 Å². The van der Waals surface area contributed by atoms with Gasteiger partial charge in [-0.05, 0) is 42.5 Å². The van der Waals surface area contributed by atoms with E-state index < -0.39 is 0 Å². The number of halogens is 2. The maximum atomic E-state index is 12.0. The zero-order chi connectivity index (χ0) is 18.5. The lowest BCUT2D eigenvalue weighted by molar-refractivity contribution is -0.113. The highest BCUT2D eigenvalue weighted by Crippen LogP contribution is 2.30. The highest BCUT2D eigenvalue weighted by atomic mass is 35.5. The number of nitrogens with one attached hydrogen (secondary N) is 1. The number of amides is 1. The molecular weight excluding hydrogens is 397 g/mol. The number of methoxy groups -OCH3 is 1. The van der Waals surface area contributed by atoms with E-state index in [-0.39, 0.29) is 23.6 Å². The summed E-state index contributed by atoms with van der Waals surface area (Å²) in [6.45, 7) is 0. The first-order chi connectivity index (χ1) is 12.5. The van der Waals surface area contributed by atoms with Crippen LogP contribution < -0.4 is 10.1 Å². The molecule has 9 heteroatoms. The molecule has 1 heterocycles. The number of anilines is 1. The standard InChI is InChI=1S/C17H13Cl2N3O3S/c1-24-11-3-5-12(6-4-11)26-9-15(23)20-17-22-21-16(25-17)13-7-2-10(18)8-14(13)19/h2-8H,9H2,1H3,(H,20,22,23). The van der Waals surface area contributed by atoms with Crippen molar-refractivity contribution in [3.63, 3.8) is 0 Å². The SMILES string of the molecule is COc1ccc(SCC(=O)Nc2nnc(-c3ccc(Cl)cc3Cl)o2)cc1. The Labute approximate surface area is 163 Å². The largest absolute Gasteiger partial charge is 0.497 e. The molecule has 3 rings (SSSR count). The molecule has 0 aliphatic rings. The van der Waals surface area contributed by atoms with Gasteiger partial charge in [0, 0.05) is 9.92 Å². The van der Waals surface area contributed by atoms with Crippen molar-refractivity contribution in [3.05, 3.63) is 52.5 Å². The summed E-state index contributed by atoms with van der Waals surface area (Å²) < 4.78 is 10.5. The number of hydrogen-bond donors (Lipinski definition) is 1. The van der Waals surface area contributed by atoms with E-state index in [4.69, 9.17) is 32.4 Å². The van der Waals surface area contributed by atoms with Gasteiger partial charge in [-0.1, -0.05) is 28.3 Å². The van der Waals surface area contributed by atoms with Crippen molar-refractivity contribution >= 4 is 46.9 Å². The van der Waals surface area contributed by atoms with Crippen molar-refractivity contribution < 1.29 is 13.9 Å². The first-order valence-corrected chi connectivity index (χ1v) is 9.15. The Morgan fingerprint density at radius 3 is 2.65 bits per heavy atom. The van der Waals surface area contributed by atoms with E-state index in [0.717, 1.165) is 10.6 Å². The first-order valence-electron chi connectivity index (χ1n) is 7.41. The van der Waals surface area contributed by atoms with Gasteiger partial charge in [0.2, 0.25) is 5.91 Å². The van der Waals surface area contributed by atoms with E-state index in [1.165, 1.54) is 11.8 Å². The monoisotopic (exact) mass is 409 g/mol. The number of carbonyl (C=O) groups is 1. The topological polar surface area (TPSA) is 77.2 Å². The van der Waals surface area contributed by atoms with Gasteiger partial charge in [-0.25, -0.2) is 0 Å². The summed E-state index contributed by atoms with van der Waals surface area (Å²) in [5, 5.41) is 11.1. The average Bonchev–Trinajstić information content (AvgIpc) is 3.08. The second-order valence-electron chi connectivity index (χ2n) is 5.05. The summed E-state index contributed by atoms with van der Waals surface area (Å²) in [7, 11) is 1.60. The van der Waals surface area contributed by atoms with Gasteiger partial charge in [-0.3, -0.25) is 10.1 Å². The first kappa shape index (κ1) is 18.6. The molecule has 6 nitrogen and oxygen atoms in total. The Kier molecular flexibility index (Phi) is 6.03. The molecule has 1 aromatic heterocycles. The molecule has 0 fully saturated rings. The van der Waals surface area contributed by atoms with Crippen LogP contribution in [0.3, 0.4) is 0 Å².